The average molecular weight is 269 g/mol. The maximum absolute atomic E-state index is 12.0. The van der Waals surface area contributed by atoms with Gasteiger partial charge in [-0.05, 0) is 0 Å². The Morgan fingerprint density at radius 1 is 1.53 bits per heavy atom. The van der Waals surface area contributed by atoms with E-state index in [0.717, 1.165) is 30.5 Å². The largest absolute Gasteiger partial charge is 0.339 e. The molecule has 88 valence electrons. The van der Waals surface area contributed by atoms with E-state index < -0.39 is 0 Å². The number of hydrogen-bond acceptors (Lipinski definition) is 4. The molecule has 1 N–H and O–H groups in total. The third kappa shape index (κ3) is 3.44. The molecule has 6 heteroatoms. The first-order chi connectivity index (χ1) is 6.77. The third-order valence-corrected chi connectivity index (χ3v) is 4.64. The van der Waals surface area contributed by atoms with Gasteiger partial charge in [0.25, 0.3) is 0 Å². The van der Waals surface area contributed by atoms with Crippen molar-refractivity contribution in [3.63, 3.8) is 0 Å². The SMILES string of the molecule is CC1CN(C(=O)C2CSCN2)CCS1.Cl. The first kappa shape index (κ1) is 13.5. The predicted molar refractivity (Wildman–Crippen MR) is 70.0 cm³/mol. The summed E-state index contributed by atoms with van der Waals surface area (Å²) in [4.78, 5) is 14.0. The number of thioether (sulfide) groups is 2. The molecule has 2 atom stereocenters. The second-order valence-electron chi connectivity index (χ2n) is 3.74. The predicted octanol–water partition coefficient (Wildman–Crippen LogP) is 1.03. The minimum Gasteiger partial charge on any atom is -0.339 e. The molecule has 2 saturated heterocycles. The molecule has 2 aliphatic rings. The van der Waals surface area contributed by atoms with Crippen molar-refractivity contribution in [2.45, 2.75) is 18.2 Å². The fourth-order valence-corrected chi connectivity index (χ4v) is 3.74. The number of rotatable bonds is 1. The molecule has 2 heterocycles. The van der Waals surface area contributed by atoms with Gasteiger partial charge >= 0.3 is 0 Å². The Morgan fingerprint density at radius 3 is 2.93 bits per heavy atom. The molecule has 0 aromatic heterocycles. The number of hydrogen-bond donors (Lipinski definition) is 1. The monoisotopic (exact) mass is 268 g/mol. The summed E-state index contributed by atoms with van der Waals surface area (Å²) >= 11 is 3.77. The average Bonchev–Trinajstić information content (AvgIpc) is 2.69. The Hall–Kier alpha value is 0.420. The number of amides is 1. The van der Waals surface area contributed by atoms with E-state index in [9.17, 15) is 4.79 Å². The first-order valence-corrected chi connectivity index (χ1v) is 7.19. The molecular weight excluding hydrogens is 252 g/mol. The maximum Gasteiger partial charge on any atom is 0.240 e. The number of nitrogens with zero attached hydrogens (tertiary/aromatic N) is 1. The summed E-state index contributed by atoms with van der Waals surface area (Å²) in [6.07, 6.45) is 0. The second kappa shape index (κ2) is 6.23. The Kier molecular flexibility index (Phi) is 5.60. The Labute approximate surface area is 106 Å². The van der Waals surface area contributed by atoms with Crippen LogP contribution >= 0.6 is 35.9 Å². The fraction of sp³-hybridized carbons (Fsp3) is 0.889. The van der Waals surface area contributed by atoms with Crippen LogP contribution in [0.5, 0.6) is 0 Å². The lowest BCUT2D eigenvalue weighted by molar-refractivity contribution is -0.132. The van der Waals surface area contributed by atoms with E-state index in [4.69, 9.17) is 0 Å². The van der Waals surface area contributed by atoms with Crippen molar-refractivity contribution < 1.29 is 4.79 Å². The van der Waals surface area contributed by atoms with Crippen LogP contribution in [-0.2, 0) is 4.79 Å². The Morgan fingerprint density at radius 2 is 2.33 bits per heavy atom. The van der Waals surface area contributed by atoms with E-state index in [1.165, 1.54) is 0 Å². The highest BCUT2D eigenvalue weighted by Crippen LogP contribution is 2.20. The zero-order valence-corrected chi connectivity index (χ0v) is 11.2. The van der Waals surface area contributed by atoms with E-state index in [2.05, 4.69) is 12.2 Å². The Balaban J connectivity index is 0.00000112. The molecule has 3 nitrogen and oxygen atoms in total. The van der Waals surface area contributed by atoms with Crippen LogP contribution in [0.4, 0.5) is 0 Å². The van der Waals surface area contributed by atoms with E-state index in [1.54, 1.807) is 0 Å². The molecule has 2 fully saturated rings. The summed E-state index contributed by atoms with van der Waals surface area (Å²) in [6.45, 7) is 4.05. The quantitative estimate of drug-likeness (QED) is 0.770. The van der Waals surface area contributed by atoms with E-state index in [1.807, 2.05) is 28.4 Å². The lowest BCUT2D eigenvalue weighted by Crippen LogP contribution is -2.49. The lowest BCUT2D eigenvalue weighted by atomic mass is 10.2. The molecule has 0 aromatic carbocycles. The smallest absolute Gasteiger partial charge is 0.240 e. The van der Waals surface area contributed by atoms with Gasteiger partial charge in [-0.1, -0.05) is 6.92 Å². The molecule has 0 saturated carbocycles. The van der Waals surface area contributed by atoms with Crippen molar-refractivity contribution in [3.8, 4) is 0 Å². The van der Waals surface area contributed by atoms with Gasteiger partial charge < -0.3 is 4.90 Å². The van der Waals surface area contributed by atoms with Gasteiger partial charge in [0.05, 0.1) is 6.04 Å². The van der Waals surface area contributed by atoms with E-state index in [-0.39, 0.29) is 18.4 Å². The highest BCUT2D eigenvalue weighted by molar-refractivity contribution is 8.00. The van der Waals surface area contributed by atoms with Crippen LogP contribution in [0.1, 0.15) is 6.92 Å². The second-order valence-corrected chi connectivity index (χ2v) is 6.31. The standard InChI is InChI=1S/C9H16N2OS2.ClH/c1-7-4-11(2-3-14-7)9(12)8-5-13-6-10-8;/h7-8,10H,2-6H2,1H3;1H. The summed E-state index contributed by atoms with van der Waals surface area (Å²) in [7, 11) is 0. The summed E-state index contributed by atoms with van der Waals surface area (Å²) in [5, 5.41) is 3.83. The number of carbonyl (C=O) groups excluding carboxylic acids is 1. The molecule has 15 heavy (non-hydrogen) atoms. The zero-order valence-electron chi connectivity index (χ0n) is 8.77. The number of halogens is 1. The summed E-state index contributed by atoms with van der Waals surface area (Å²) in [5.41, 5.74) is 0. The summed E-state index contributed by atoms with van der Waals surface area (Å²) < 4.78 is 0. The minimum absolute atomic E-state index is 0. The molecule has 0 spiro atoms. The lowest BCUT2D eigenvalue weighted by Gasteiger charge is -2.32. The fourth-order valence-electron chi connectivity index (χ4n) is 1.79. The molecular formula is C9H17ClN2OS2. The van der Waals surface area contributed by atoms with Crippen LogP contribution in [0.3, 0.4) is 0 Å². The van der Waals surface area contributed by atoms with E-state index in [0.29, 0.717) is 11.2 Å². The van der Waals surface area contributed by atoms with Crippen molar-refractivity contribution in [2.75, 3.05) is 30.5 Å². The molecule has 2 aliphatic heterocycles. The third-order valence-electron chi connectivity index (χ3n) is 2.57. The first-order valence-electron chi connectivity index (χ1n) is 4.99. The number of nitrogens with one attached hydrogen (secondary N) is 1. The minimum atomic E-state index is 0. The maximum atomic E-state index is 12.0. The van der Waals surface area contributed by atoms with Crippen LogP contribution in [0.15, 0.2) is 0 Å². The van der Waals surface area contributed by atoms with Gasteiger partial charge in [0.15, 0.2) is 0 Å². The van der Waals surface area contributed by atoms with Crippen molar-refractivity contribution in [2.24, 2.45) is 0 Å². The molecule has 2 unspecified atom stereocenters. The van der Waals surface area contributed by atoms with Crippen LogP contribution in [0.2, 0.25) is 0 Å². The van der Waals surface area contributed by atoms with Crippen molar-refractivity contribution >= 4 is 41.8 Å². The van der Waals surface area contributed by atoms with Gasteiger partial charge in [-0.2, -0.15) is 11.8 Å². The van der Waals surface area contributed by atoms with Gasteiger partial charge in [-0.3, -0.25) is 10.1 Å². The normalized spacial score (nSPS) is 31.1. The number of carbonyl (C=O) groups is 1. The molecule has 0 bridgehead atoms. The van der Waals surface area contributed by atoms with Gasteiger partial charge in [-0.15, -0.1) is 24.2 Å². The van der Waals surface area contributed by atoms with E-state index >= 15 is 0 Å². The van der Waals surface area contributed by atoms with Gasteiger partial charge in [0.2, 0.25) is 5.91 Å². The molecule has 0 radical (unpaired) electrons. The Bertz CT molecular complexity index is 224. The highest BCUT2D eigenvalue weighted by Gasteiger charge is 2.29. The van der Waals surface area contributed by atoms with Crippen molar-refractivity contribution in [3.05, 3.63) is 0 Å². The van der Waals surface area contributed by atoms with Gasteiger partial charge in [0, 0.05) is 35.7 Å². The molecule has 0 aromatic rings. The summed E-state index contributed by atoms with van der Waals surface area (Å²) in [5.74, 6) is 3.26. The van der Waals surface area contributed by atoms with Crippen LogP contribution in [0, 0.1) is 0 Å². The molecule has 2 rings (SSSR count). The highest BCUT2D eigenvalue weighted by atomic mass is 35.5. The van der Waals surface area contributed by atoms with Crippen molar-refractivity contribution in [1.82, 2.24) is 10.2 Å². The summed E-state index contributed by atoms with van der Waals surface area (Å²) in [6, 6.07) is 0.0790. The van der Waals surface area contributed by atoms with Gasteiger partial charge in [-0.25, -0.2) is 0 Å². The van der Waals surface area contributed by atoms with Crippen LogP contribution < -0.4 is 5.32 Å². The van der Waals surface area contributed by atoms with Gasteiger partial charge in [0.1, 0.15) is 0 Å². The zero-order chi connectivity index (χ0) is 9.97. The molecule has 1 amide bonds. The van der Waals surface area contributed by atoms with Crippen molar-refractivity contribution in [1.29, 1.82) is 0 Å². The van der Waals surface area contributed by atoms with Crippen LogP contribution in [-0.4, -0.2) is 52.6 Å². The molecule has 0 aliphatic carbocycles. The van der Waals surface area contributed by atoms with Crippen LogP contribution in [0.25, 0.3) is 0 Å². The topological polar surface area (TPSA) is 32.3 Å².